The van der Waals surface area contributed by atoms with Crippen LogP contribution in [-0.4, -0.2) is 17.0 Å². The predicted octanol–water partition coefficient (Wildman–Crippen LogP) is 13.4. The van der Waals surface area contributed by atoms with E-state index in [1.807, 2.05) is 18.2 Å². The molecule has 276 valence electrons. The van der Waals surface area contributed by atoms with Crippen molar-refractivity contribution >= 4 is 11.9 Å². The van der Waals surface area contributed by atoms with E-state index in [4.69, 9.17) is 13.6 Å². The Hall–Kier alpha value is -2.50. The highest BCUT2D eigenvalue weighted by atomic mass is 16.5. The van der Waals surface area contributed by atoms with Gasteiger partial charge in [0.2, 0.25) is 0 Å². The molecule has 6 heteroatoms. The lowest BCUT2D eigenvalue weighted by Crippen LogP contribution is -2.16. The average Bonchev–Trinajstić information content (AvgIpc) is 3.81. The zero-order chi connectivity index (χ0) is 34.8. The number of carbonyl (C=O) groups excluding carboxylic acids is 1. The van der Waals surface area contributed by atoms with Crippen LogP contribution in [0.4, 0.5) is 0 Å². The van der Waals surface area contributed by atoms with Gasteiger partial charge in [-0.05, 0) is 37.1 Å². The fourth-order valence-electron chi connectivity index (χ4n) is 6.12. The van der Waals surface area contributed by atoms with Crippen molar-refractivity contribution in [2.75, 3.05) is 0 Å². The van der Waals surface area contributed by atoms with Crippen LogP contribution in [0, 0.1) is 5.92 Å². The van der Waals surface area contributed by atoms with E-state index in [0.717, 1.165) is 37.9 Å². The van der Waals surface area contributed by atoms with E-state index in [0.29, 0.717) is 18.6 Å². The van der Waals surface area contributed by atoms with Gasteiger partial charge in [-0.3, -0.25) is 9.59 Å². The molecule has 0 radical (unpaired) electrons. The van der Waals surface area contributed by atoms with Crippen molar-refractivity contribution in [2.45, 2.75) is 200 Å². The molecule has 0 saturated carbocycles. The topological polar surface area (TPSA) is 89.9 Å². The minimum Gasteiger partial charge on any atom is -0.481 e. The van der Waals surface area contributed by atoms with Crippen molar-refractivity contribution < 1.29 is 28.3 Å². The van der Waals surface area contributed by atoms with E-state index in [9.17, 15) is 14.7 Å². The zero-order valence-corrected chi connectivity index (χ0v) is 31.0. The van der Waals surface area contributed by atoms with Crippen molar-refractivity contribution in [1.82, 2.24) is 0 Å². The molecule has 0 amide bonds. The first kappa shape index (κ1) is 43.5. The second-order valence-electron chi connectivity index (χ2n) is 13.7. The van der Waals surface area contributed by atoms with Gasteiger partial charge in [0.05, 0.1) is 18.4 Å². The van der Waals surface area contributed by atoms with Crippen molar-refractivity contribution in [3.8, 4) is 0 Å². The number of ether oxygens (including phenoxy) is 1. The molecule has 0 saturated heterocycles. The number of carbonyl (C=O) groups is 2. The van der Waals surface area contributed by atoms with Gasteiger partial charge in [-0.1, -0.05) is 168 Å². The summed E-state index contributed by atoms with van der Waals surface area (Å²) in [6.45, 7) is 4.78. The Morgan fingerprint density at radius 2 is 0.979 bits per heavy atom. The van der Waals surface area contributed by atoms with E-state index < -0.39 is 5.97 Å². The Bertz CT molecular complexity index is 934. The summed E-state index contributed by atoms with van der Waals surface area (Å²) >= 11 is 0. The number of carboxylic acids is 1. The van der Waals surface area contributed by atoms with Gasteiger partial charge in [-0.25, -0.2) is 0 Å². The van der Waals surface area contributed by atoms with Gasteiger partial charge < -0.3 is 18.7 Å². The number of hydrogen-bond acceptors (Lipinski definition) is 5. The third-order valence-electron chi connectivity index (χ3n) is 9.22. The van der Waals surface area contributed by atoms with Crippen LogP contribution in [0.25, 0.3) is 0 Å². The first-order chi connectivity index (χ1) is 23.6. The Kier molecular flexibility index (Phi) is 29.9. The first-order valence-electron chi connectivity index (χ1n) is 20.0. The van der Waals surface area contributed by atoms with Crippen LogP contribution in [0.2, 0.25) is 0 Å². The van der Waals surface area contributed by atoms with Gasteiger partial charge in [-0.2, -0.15) is 0 Å². The average molecular weight is 673 g/mol. The molecular formula is C42H72O6. The summed E-state index contributed by atoms with van der Waals surface area (Å²) in [5, 5.41) is 9.31. The summed E-state index contributed by atoms with van der Waals surface area (Å²) < 4.78 is 15.6. The maximum Gasteiger partial charge on any atom is 0.306 e. The van der Waals surface area contributed by atoms with E-state index in [1.165, 1.54) is 135 Å². The minimum absolute atomic E-state index is 0.116. The largest absolute Gasteiger partial charge is 0.481 e. The number of hydrogen-bond donors (Lipinski definition) is 1. The summed E-state index contributed by atoms with van der Waals surface area (Å²) in [5.74, 6) is 0.360. The maximum absolute atomic E-state index is 11.6. The summed E-state index contributed by atoms with van der Waals surface area (Å²) in [6.07, 6.45) is 37.8. The zero-order valence-electron chi connectivity index (χ0n) is 31.0. The van der Waals surface area contributed by atoms with Crippen LogP contribution >= 0.6 is 0 Å². The highest BCUT2D eigenvalue weighted by Crippen LogP contribution is 2.19. The first-order valence-corrected chi connectivity index (χ1v) is 20.0. The molecule has 1 atom stereocenters. The summed E-state index contributed by atoms with van der Waals surface area (Å²) in [7, 11) is 0. The molecule has 0 aliphatic carbocycles. The van der Waals surface area contributed by atoms with Gasteiger partial charge in [-0.15, -0.1) is 0 Å². The molecule has 2 rings (SSSR count). The third-order valence-corrected chi connectivity index (χ3v) is 9.22. The number of furan rings is 2. The monoisotopic (exact) mass is 673 g/mol. The summed E-state index contributed by atoms with van der Waals surface area (Å²) in [5.41, 5.74) is 0. The van der Waals surface area contributed by atoms with Crippen LogP contribution in [0.15, 0.2) is 45.6 Å². The van der Waals surface area contributed by atoms with Crippen molar-refractivity contribution in [3.63, 3.8) is 0 Å². The number of aliphatic carboxylic acids is 1. The lowest BCUT2D eigenvalue weighted by atomic mass is 9.96. The van der Waals surface area contributed by atoms with Gasteiger partial charge in [0.25, 0.3) is 0 Å². The van der Waals surface area contributed by atoms with E-state index in [-0.39, 0.29) is 18.5 Å². The standard InChI is InChI=1S/2C21H36O3/c1-2-3-4-5-6-7-8-9-10-11-12-13-15-19(21(22)23)18-20-16-14-17-24-20;1-2-3-4-5-6-7-8-9-10-11-12-13-14-17-21(22)24-19-20-16-15-18-23-20/h14,16-17,19H,2-13,15,18H2,1H3,(H,22,23);15-16,18H,2-14,17,19H2,1H3. The van der Waals surface area contributed by atoms with Crippen LogP contribution in [0.5, 0.6) is 0 Å². The molecule has 0 bridgehead atoms. The molecule has 0 aromatic carbocycles. The van der Waals surface area contributed by atoms with E-state index >= 15 is 0 Å². The molecule has 48 heavy (non-hydrogen) atoms. The molecule has 0 spiro atoms. The van der Waals surface area contributed by atoms with Gasteiger partial charge in [0.1, 0.15) is 18.1 Å². The van der Waals surface area contributed by atoms with Crippen LogP contribution in [0.1, 0.15) is 199 Å². The fraction of sp³-hybridized carbons (Fsp3) is 0.762. The SMILES string of the molecule is CCCCCCCCCCCCCCC(Cc1ccco1)C(=O)O.CCCCCCCCCCCCCCCC(=O)OCc1ccco1. The second-order valence-corrected chi connectivity index (χ2v) is 13.7. The number of esters is 1. The van der Waals surface area contributed by atoms with Crippen molar-refractivity contribution in [1.29, 1.82) is 0 Å². The molecular weight excluding hydrogens is 600 g/mol. The lowest BCUT2D eigenvalue weighted by molar-refractivity contribution is -0.145. The number of rotatable bonds is 32. The van der Waals surface area contributed by atoms with E-state index in [2.05, 4.69) is 13.8 Å². The summed E-state index contributed by atoms with van der Waals surface area (Å²) in [6, 6.07) is 7.30. The van der Waals surface area contributed by atoms with Crippen molar-refractivity contribution in [3.05, 3.63) is 48.3 Å². The summed E-state index contributed by atoms with van der Waals surface area (Å²) in [4.78, 5) is 22.9. The third kappa shape index (κ3) is 27.5. The Balaban J connectivity index is 0.000000480. The molecule has 2 aromatic rings. The lowest BCUT2D eigenvalue weighted by Gasteiger charge is -2.10. The Labute approximate surface area is 294 Å². The van der Waals surface area contributed by atoms with Crippen molar-refractivity contribution in [2.24, 2.45) is 5.92 Å². The molecule has 0 aliphatic heterocycles. The van der Waals surface area contributed by atoms with Gasteiger partial charge >= 0.3 is 11.9 Å². The van der Waals surface area contributed by atoms with Crippen LogP contribution in [-0.2, 0) is 27.4 Å². The fourth-order valence-corrected chi connectivity index (χ4v) is 6.12. The number of carboxylic acid groups (broad SMARTS) is 1. The minimum atomic E-state index is -0.700. The maximum atomic E-state index is 11.6. The van der Waals surface area contributed by atoms with E-state index in [1.54, 1.807) is 18.6 Å². The highest BCUT2D eigenvalue weighted by molar-refractivity contribution is 5.70. The molecule has 0 fully saturated rings. The molecule has 0 aliphatic rings. The van der Waals surface area contributed by atoms with Gasteiger partial charge in [0, 0.05) is 12.8 Å². The Morgan fingerprint density at radius 1 is 0.583 bits per heavy atom. The highest BCUT2D eigenvalue weighted by Gasteiger charge is 2.18. The Morgan fingerprint density at radius 3 is 1.38 bits per heavy atom. The van der Waals surface area contributed by atoms with Gasteiger partial charge in [0.15, 0.2) is 0 Å². The van der Waals surface area contributed by atoms with Crippen LogP contribution in [0.3, 0.4) is 0 Å². The number of unbranched alkanes of at least 4 members (excludes halogenated alkanes) is 23. The molecule has 2 heterocycles. The normalized spacial score (nSPS) is 11.6. The van der Waals surface area contributed by atoms with Crippen LogP contribution < -0.4 is 0 Å². The quantitative estimate of drug-likeness (QED) is 0.0614. The molecule has 2 aromatic heterocycles. The molecule has 6 nitrogen and oxygen atoms in total. The predicted molar refractivity (Wildman–Crippen MR) is 198 cm³/mol. The molecule has 1 N–H and O–H groups in total. The smallest absolute Gasteiger partial charge is 0.306 e. The second kappa shape index (κ2) is 33.0. The molecule has 1 unspecified atom stereocenters.